The van der Waals surface area contributed by atoms with Crippen LogP contribution in [0.4, 0.5) is 5.69 Å². The van der Waals surface area contributed by atoms with Crippen LogP contribution in [0, 0.1) is 0 Å². The predicted octanol–water partition coefficient (Wildman–Crippen LogP) is 1.16. The lowest BCUT2D eigenvalue weighted by molar-refractivity contribution is -0.255. The molecule has 0 spiro atoms. The highest BCUT2D eigenvalue weighted by Crippen LogP contribution is 2.15. The minimum Gasteiger partial charge on any atom is -0.543 e. The van der Waals surface area contributed by atoms with Gasteiger partial charge in [-0.15, -0.1) is 0 Å². The smallest absolute Gasteiger partial charge is 0.275 e. The highest BCUT2D eigenvalue weighted by molar-refractivity contribution is 9.10. The van der Waals surface area contributed by atoms with Gasteiger partial charge < -0.3 is 15.2 Å². The Labute approximate surface area is 150 Å². The average molecular weight is 401 g/mol. The van der Waals surface area contributed by atoms with Gasteiger partial charge in [0.2, 0.25) is 5.91 Å². The second-order valence-corrected chi connectivity index (χ2v) is 6.12. The van der Waals surface area contributed by atoms with E-state index in [2.05, 4.69) is 26.3 Å². The number of carboxylic acid groups (broad SMARTS) is 1. The van der Waals surface area contributed by atoms with Gasteiger partial charge in [-0.25, -0.2) is 4.68 Å². The second kappa shape index (κ2) is 6.86. The minimum absolute atomic E-state index is 0.160. The summed E-state index contributed by atoms with van der Waals surface area (Å²) in [5, 5.41) is 18.0. The molecule has 25 heavy (non-hydrogen) atoms. The van der Waals surface area contributed by atoms with Crippen molar-refractivity contribution < 1.29 is 14.7 Å². The molecule has 0 radical (unpaired) electrons. The highest BCUT2D eigenvalue weighted by atomic mass is 79.9. The third-order valence-electron chi connectivity index (χ3n) is 3.48. The normalized spacial score (nSPS) is 10.6. The molecule has 8 heteroatoms. The molecule has 1 N–H and O–H groups in total. The fourth-order valence-electron chi connectivity index (χ4n) is 2.36. The Morgan fingerprint density at radius 3 is 2.36 bits per heavy atom. The van der Waals surface area contributed by atoms with Crippen LogP contribution in [0.25, 0.3) is 10.8 Å². The molecule has 0 saturated heterocycles. The molecule has 0 fully saturated rings. The number of carbonyl (C=O) groups is 2. The van der Waals surface area contributed by atoms with Crippen LogP contribution in [-0.4, -0.2) is 21.7 Å². The number of amides is 1. The van der Waals surface area contributed by atoms with Crippen molar-refractivity contribution in [2.45, 2.75) is 6.54 Å². The summed E-state index contributed by atoms with van der Waals surface area (Å²) in [6, 6.07) is 13.0. The van der Waals surface area contributed by atoms with Gasteiger partial charge in [-0.2, -0.15) is 5.10 Å². The van der Waals surface area contributed by atoms with Crippen molar-refractivity contribution >= 4 is 44.3 Å². The van der Waals surface area contributed by atoms with Gasteiger partial charge in [0, 0.05) is 15.5 Å². The van der Waals surface area contributed by atoms with E-state index >= 15 is 0 Å². The van der Waals surface area contributed by atoms with Crippen molar-refractivity contribution in [1.82, 2.24) is 9.78 Å². The van der Waals surface area contributed by atoms with Gasteiger partial charge >= 0.3 is 0 Å². The molecule has 3 rings (SSSR count). The van der Waals surface area contributed by atoms with Crippen molar-refractivity contribution in [2.24, 2.45) is 0 Å². The summed E-state index contributed by atoms with van der Waals surface area (Å²) in [6.07, 6.45) is 0. The van der Waals surface area contributed by atoms with E-state index in [1.54, 1.807) is 36.4 Å². The molecule has 0 aliphatic heterocycles. The molecule has 0 bridgehead atoms. The van der Waals surface area contributed by atoms with E-state index in [-0.39, 0.29) is 16.5 Å². The first-order valence-electron chi connectivity index (χ1n) is 7.22. The van der Waals surface area contributed by atoms with E-state index in [0.29, 0.717) is 5.69 Å². The molecule has 1 amide bonds. The molecule has 0 aliphatic rings. The van der Waals surface area contributed by atoms with Crippen molar-refractivity contribution in [3.63, 3.8) is 0 Å². The zero-order valence-electron chi connectivity index (χ0n) is 12.7. The number of rotatable bonds is 4. The topological polar surface area (TPSA) is 104 Å². The van der Waals surface area contributed by atoms with E-state index in [1.165, 1.54) is 12.1 Å². The number of fused-ring (bicyclic) bond motifs is 1. The third-order valence-corrected chi connectivity index (χ3v) is 4.01. The Bertz CT molecular complexity index is 1030. The standard InChI is InChI=1S/C17H12BrN3O4/c18-10-5-7-11(8-6-10)19-14(22)9-21-16(23)13-4-2-1-3-12(13)15(20-21)17(24)25/h1-8H,9H2,(H,19,22)(H,24,25)/p-1. The fraction of sp³-hybridized carbons (Fsp3) is 0.0588. The van der Waals surface area contributed by atoms with E-state index in [4.69, 9.17) is 0 Å². The van der Waals surface area contributed by atoms with E-state index in [1.807, 2.05) is 0 Å². The van der Waals surface area contributed by atoms with Crippen LogP contribution in [0.5, 0.6) is 0 Å². The summed E-state index contributed by atoms with van der Waals surface area (Å²) in [6.45, 7) is -0.417. The summed E-state index contributed by atoms with van der Waals surface area (Å²) in [7, 11) is 0. The average Bonchev–Trinajstić information content (AvgIpc) is 2.59. The number of benzene rings is 2. The Hall–Kier alpha value is -3.00. The maximum atomic E-state index is 12.4. The molecule has 2 aromatic carbocycles. The van der Waals surface area contributed by atoms with Gasteiger partial charge in [-0.1, -0.05) is 34.1 Å². The molecule has 0 atom stereocenters. The van der Waals surface area contributed by atoms with E-state index in [0.717, 1.165) is 9.15 Å². The quantitative estimate of drug-likeness (QED) is 0.707. The summed E-state index contributed by atoms with van der Waals surface area (Å²) < 4.78 is 1.68. The van der Waals surface area contributed by atoms with Gasteiger partial charge in [-0.3, -0.25) is 9.59 Å². The molecule has 126 valence electrons. The van der Waals surface area contributed by atoms with Crippen molar-refractivity contribution in [2.75, 3.05) is 5.32 Å². The summed E-state index contributed by atoms with van der Waals surface area (Å²) in [5.41, 5.74) is -0.389. The molecule has 3 aromatic rings. The lowest BCUT2D eigenvalue weighted by Gasteiger charge is -2.11. The number of hydrogen-bond acceptors (Lipinski definition) is 5. The van der Waals surface area contributed by atoms with E-state index < -0.39 is 24.0 Å². The zero-order chi connectivity index (χ0) is 18.0. The number of nitrogens with one attached hydrogen (secondary N) is 1. The number of carbonyl (C=O) groups excluding carboxylic acids is 2. The molecular weight excluding hydrogens is 390 g/mol. The van der Waals surface area contributed by atoms with Crippen LogP contribution < -0.4 is 16.0 Å². The maximum absolute atomic E-state index is 12.4. The predicted molar refractivity (Wildman–Crippen MR) is 93.1 cm³/mol. The Morgan fingerprint density at radius 1 is 1.08 bits per heavy atom. The molecule has 7 nitrogen and oxygen atoms in total. The van der Waals surface area contributed by atoms with Crippen molar-refractivity contribution in [1.29, 1.82) is 0 Å². The lowest BCUT2D eigenvalue weighted by Crippen LogP contribution is -2.34. The number of hydrogen-bond donors (Lipinski definition) is 1. The van der Waals surface area contributed by atoms with Gasteiger partial charge in [0.1, 0.15) is 12.2 Å². The van der Waals surface area contributed by atoms with Crippen LogP contribution in [0.2, 0.25) is 0 Å². The van der Waals surface area contributed by atoms with Gasteiger partial charge in [0.25, 0.3) is 5.56 Å². The largest absolute Gasteiger partial charge is 0.543 e. The zero-order valence-corrected chi connectivity index (χ0v) is 14.3. The SMILES string of the molecule is O=C(Cn1nc(C(=O)[O-])c2ccccc2c1=O)Nc1ccc(Br)cc1. The highest BCUT2D eigenvalue weighted by Gasteiger charge is 2.13. The molecule has 0 aliphatic carbocycles. The monoisotopic (exact) mass is 400 g/mol. The number of aromatic nitrogens is 2. The summed E-state index contributed by atoms with van der Waals surface area (Å²) >= 11 is 3.29. The third kappa shape index (κ3) is 3.58. The number of halogens is 1. The molecule has 1 heterocycles. The van der Waals surface area contributed by atoms with Crippen LogP contribution >= 0.6 is 15.9 Å². The van der Waals surface area contributed by atoms with Gasteiger partial charge in [0.05, 0.1) is 11.4 Å². The van der Waals surface area contributed by atoms with Crippen LogP contribution in [0.3, 0.4) is 0 Å². The first kappa shape index (κ1) is 16.8. The number of nitrogens with zero attached hydrogens (tertiary/aromatic N) is 2. The van der Waals surface area contributed by atoms with Crippen molar-refractivity contribution in [3.8, 4) is 0 Å². The fourth-order valence-corrected chi connectivity index (χ4v) is 2.63. The molecular formula is C17H11BrN3O4-. The van der Waals surface area contributed by atoms with Crippen molar-refractivity contribution in [3.05, 3.63) is 69.1 Å². The summed E-state index contributed by atoms with van der Waals surface area (Å²) in [4.78, 5) is 35.9. The van der Waals surface area contributed by atoms with Gasteiger partial charge in [-0.05, 0) is 30.3 Å². The lowest BCUT2D eigenvalue weighted by atomic mass is 10.1. The Balaban J connectivity index is 1.94. The van der Waals surface area contributed by atoms with Crippen LogP contribution in [0.15, 0.2) is 57.8 Å². The molecule has 0 unspecified atom stereocenters. The second-order valence-electron chi connectivity index (χ2n) is 5.20. The number of carboxylic acids is 1. The van der Waals surface area contributed by atoms with Gasteiger partial charge in [0.15, 0.2) is 0 Å². The number of anilines is 1. The maximum Gasteiger partial charge on any atom is 0.275 e. The minimum atomic E-state index is -1.52. The molecule has 1 aromatic heterocycles. The Kier molecular flexibility index (Phi) is 4.62. The Morgan fingerprint density at radius 2 is 1.72 bits per heavy atom. The van der Waals surface area contributed by atoms with Crippen LogP contribution in [0.1, 0.15) is 10.5 Å². The van der Waals surface area contributed by atoms with Crippen LogP contribution in [-0.2, 0) is 11.3 Å². The number of aromatic carboxylic acids is 1. The molecule has 0 saturated carbocycles. The first-order valence-corrected chi connectivity index (χ1v) is 8.01. The van der Waals surface area contributed by atoms with E-state index in [9.17, 15) is 19.5 Å². The summed E-state index contributed by atoms with van der Waals surface area (Å²) in [5.74, 6) is -2.02. The first-order chi connectivity index (χ1) is 12.0.